The molecule has 0 radical (unpaired) electrons. The average molecular weight is 293 g/mol. The highest BCUT2D eigenvalue weighted by atomic mass is 16.4. The summed E-state index contributed by atoms with van der Waals surface area (Å²) in [6.07, 6.45) is 0. The zero-order valence-electron chi connectivity index (χ0n) is 13.5. The molecule has 0 heterocycles. The molecule has 1 atom stereocenters. The van der Waals surface area contributed by atoms with E-state index in [2.05, 4.69) is 15.1 Å². The van der Waals surface area contributed by atoms with Crippen molar-refractivity contribution in [1.82, 2.24) is 15.1 Å². The van der Waals surface area contributed by atoms with Gasteiger partial charge in [0.25, 0.3) is 0 Å². The summed E-state index contributed by atoms with van der Waals surface area (Å²) >= 11 is 0. The first kappa shape index (κ1) is 17.6. The normalized spacial score (nSPS) is 14.4. The lowest BCUT2D eigenvalue weighted by Gasteiger charge is -2.35. The molecule has 21 heavy (non-hydrogen) atoms. The fraction of sp³-hybridized carbons (Fsp3) is 0.562. The van der Waals surface area contributed by atoms with Crippen LogP contribution in [0.5, 0.6) is 0 Å². The molecule has 1 unspecified atom stereocenters. The number of rotatable bonds is 9. The van der Waals surface area contributed by atoms with Gasteiger partial charge in [0, 0.05) is 19.6 Å². The second-order valence-electron chi connectivity index (χ2n) is 5.65. The predicted octanol–water partition coefficient (Wildman–Crippen LogP) is 1.07. The third-order valence-electron chi connectivity index (χ3n) is 3.55. The van der Waals surface area contributed by atoms with Gasteiger partial charge in [-0.05, 0) is 33.3 Å². The van der Waals surface area contributed by atoms with Gasteiger partial charge in [-0.25, -0.2) is 4.79 Å². The second kappa shape index (κ2) is 8.12. The van der Waals surface area contributed by atoms with Crippen LogP contribution in [-0.4, -0.2) is 68.2 Å². The highest BCUT2D eigenvalue weighted by molar-refractivity contribution is 5.81. The van der Waals surface area contributed by atoms with Crippen molar-refractivity contribution in [2.45, 2.75) is 12.5 Å². The van der Waals surface area contributed by atoms with Crippen LogP contribution in [0.1, 0.15) is 12.5 Å². The molecule has 0 amide bonds. The number of likely N-dealkylation sites (N-methyl/N-ethyl adjacent to an activating group) is 3. The van der Waals surface area contributed by atoms with Crippen molar-refractivity contribution in [2.24, 2.45) is 0 Å². The van der Waals surface area contributed by atoms with Crippen LogP contribution in [0.2, 0.25) is 0 Å². The van der Waals surface area contributed by atoms with Crippen molar-refractivity contribution in [3.63, 3.8) is 0 Å². The maximum Gasteiger partial charge on any atom is 0.329 e. The van der Waals surface area contributed by atoms with E-state index in [-0.39, 0.29) is 0 Å². The van der Waals surface area contributed by atoms with Crippen LogP contribution in [0.25, 0.3) is 0 Å². The number of carboxylic acid groups (broad SMARTS) is 1. The summed E-state index contributed by atoms with van der Waals surface area (Å²) in [4.78, 5) is 16.1. The highest BCUT2D eigenvalue weighted by Gasteiger charge is 2.40. The fourth-order valence-corrected chi connectivity index (χ4v) is 2.40. The third kappa shape index (κ3) is 4.81. The fourth-order valence-electron chi connectivity index (χ4n) is 2.40. The Morgan fingerprint density at radius 2 is 1.81 bits per heavy atom. The molecule has 1 aromatic rings. The SMILES string of the molecule is CCNC(CN(C)CCN(C)C)(C(=O)O)c1ccccc1. The van der Waals surface area contributed by atoms with Crippen LogP contribution in [-0.2, 0) is 10.3 Å². The Hall–Kier alpha value is -1.43. The topological polar surface area (TPSA) is 55.8 Å². The molecule has 0 saturated carbocycles. The van der Waals surface area contributed by atoms with Crippen LogP contribution in [0.3, 0.4) is 0 Å². The Bertz CT molecular complexity index is 436. The van der Waals surface area contributed by atoms with Crippen molar-refractivity contribution in [3.05, 3.63) is 35.9 Å². The van der Waals surface area contributed by atoms with Crippen LogP contribution in [0, 0.1) is 0 Å². The molecule has 1 rings (SSSR count). The van der Waals surface area contributed by atoms with Crippen molar-refractivity contribution in [2.75, 3.05) is 47.3 Å². The molecule has 5 nitrogen and oxygen atoms in total. The summed E-state index contributed by atoms with van der Waals surface area (Å²) in [6.45, 7) is 4.67. The number of carboxylic acids is 1. The standard InChI is InChI=1S/C16H27N3O2/c1-5-17-16(15(20)21,14-9-7-6-8-10-14)13-19(4)12-11-18(2)3/h6-10,17H,5,11-13H2,1-4H3,(H,20,21). The van der Waals surface area contributed by atoms with E-state index in [0.717, 1.165) is 18.7 Å². The summed E-state index contributed by atoms with van der Waals surface area (Å²) in [7, 11) is 5.99. The summed E-state index contributed by atoms with van der Waals surface area (Å²) in [5.41, 5.74) is -0.284. The minimum atomic E-state index is -1.07. The van der Waals surface area contributed by atoms with Crippen molar-refractivity contribution >= 4 is 5.97 Å². The first-order valence-corrected chi connectivity index (χ1v) is 7.29. The maximum absolute atomic E-state index is 12.0. The number of carbonyl (C=O) groups is 1. The molecule has 2 N–H and O–H groups in total. The zero-order valence-corrected chi connectivity index (χ0v) is 13.5. The van der Waals surface area contributed by atoms with E-state index in [0.29, 0.717) is 13.1 Å². The molecule has 0 aliphatic heterocycles. The Balaban J connectivity index is 2.99. The van der Waals surface area contributed by atoms with E-state index < -0.39 is 11.5 Å². The molecular formula is C16H27N3O2. The minimum Gasteiger partial charge on any atom is -0.480 e. The lowest BCUT2D eigenvalue weighted by atomic mass is 9.89. The molecule has 5 heteroatoms. The van der Waals surface area contributed by atoms with E-state index in [1.807, 2.05) is 58.4 Å². The van der Waals surface area contributed by atoms with Crippen LogP contribution < -0.4 is 5.32 Å². The second-order valence-corrected chi connectivity index (χ2v) is 5.65. The lowest BCUT2D eigenvalue weighted by molar-refractivity contribution is -0.146. The molecular weight excluding hydrogens is 266 g/mol. The van der Waals surface area contributed by atoms with E-state index in [4.69, 9.17) is 0 Å². The molecule has 0 aliphatic carbocycles. The molecule has 0 bridgehead atoms. The van der Waals surface area contributed by atoms with Gasteiger partial charge in [-0.1, -0.05) is 37.3 Å². The monoisotopic (exact) mass is 293 g/mol. The number of nitrogens with zero attached hydrogens (tertiary/aromatic N) is 2. The highest BCUT2D eigenvalue weighted by Crippen LogP contribution is 2.23. The Labute approximate surface area is 127 Å². The van der Waals surface area contributed by atoms with Gasteiger partial charge in [0.05, 0.1) is 0 Å². The molecule has 118 valence electrons. The van der Waals surface area contributed by atoms with E-state index in [9.17, 15) is 9.90 Å². The molecule has 1 aromatic carbocycles. The summed E-state index contributed by atoms with van der Waals surface area (Å²) in [5.74, 6) is -0.841. The van der Waals surface area contributed by atoms with Gasteiger partial charge in [0.15, 0.2) is 5.54 Å². The summed E-state index contributed by atoms with van der Waals surface area (Å²) < 4.78 is 0. The van der Waals surface area contributed by atoms with E-state index >= 15 is 0 Å². The number of benzene rings is 1. The zero-order chi connectivity index (χ0) is 15.9. The number of nitrogens with one attached hydrogen (secondary N) is 1. The largest absolute Gasteiger partial charge is 0.480 e. The molecule has 0 fully saturated rings. The van der Waals surface area contributed by atoms with Gasteiger partial charge >= 0.3 is 5.97 Å². The third-order valence-corrected chi connectivity index (χ3v) is 3.55. The van der Waals surface area contributed by atoms with Gasteiger partial charge in [0.2, 0.25) is 0 Å². The lowest BCUT2D eigenvalue weighted by Crippen LogP contribution is -2.56. The van der Waals surface area contributed by atoms with Gasteiger partial charge in [-0.3, -0.25) is 5.32 Å². The Morgan fingerprint density at radius 1 is 1.19 bits per heavy atom. The van der Waals surface area contributed by atoms with Crippen LogP contribution in [0.15, 0.2) is 30.3 Å². The predicted molar refractivity (Wildman–Crippen MR) is 85.5 cm³/mol. The summed E-state index contributed by atoms with van der Waals surface area (Å²) in [5, 5.41) is 13.0. The van der Waals surface area contributed by atoms with E-state index in [1.165, 1.54) is 0 Å². The van der Waals surface area contributed by atoms with Crippen LogP contribution in [0.4, 0.5) is 0 Å². The molecule has 0 saturated heterocycles. The van der Waals surface area contributed by atoms with Crippen molar-refractivity contribution < 1.29 is 9.90 Å². The van der Waals surface area contributed by atoms with E-state index in [1.54, 1.807) is 0 Å². The average Bonchev–Trinajstić information content (AvgIpc) is 2.45. The first-order chi connectivity index (χ1) is 9.92. The smallest absolute Gasteiger partial charge is 0.329 e. The van der Waals surface area contributed by atoms with Gasteiger partial charge in [-0.2, -0.15) is 0 Å². The number of hydrogen-bond acceptors (Lipinski definition) is 4. The maximum atomic E-state index is 12.0. The Morgan fingerprint density at radius 3 is 2.29 bits per heavy atom. The van der Waals surface area contributed by atoms with Gasteiger partial charge in [0.1, 0.15) is 0 Å². The summed E-state index contributed by atoms with van der Waals surface area (Å²) in [6, 6.07) is 9.40. The first-order valence-electron chi connectivity index (χ1n) is 7.29. The number of hydrogen-bond donors (Lipinski definition) is 2. The van der Waals surface area contributed by atoms with Crippen molar-refractivity contribution in [3.8, 4) is 0 Å². The van der Waals surface area contributed by atoms with Crippen molar-refractivity contribution in [1.29, 1.82) is 0 Å². The van der Waals surface area contributed by atoms with Gasteiger partial charge < -0.3 is 14.9 Å². The minimum absolute atomic E-state index is 0.425. The molecule has 0 aromatic heterocycles. The molecule has 0 aliphatic rings. The Kier molecular flexibility index (Phi) is 6.81. The molecule has 0 spiro atoms. The quantitative estimate of drug-likeness (QED) is 0.713. The number of aliphatic carboxylic acids is 1. The van der Waals surface area contributed by atoms with Crippen LogP contribution >= 0.6 is 0 Å². The van der Waals surface area contributed by atoms with Gasteiger partial charge in [-0.15, -0.1) is 0 Å².